The predicted molar refractivity (Wildman–Crippen MR) is 184 cm³/mol. The van der Waals surface area contributed by atoms with Crippen LogP contribution in [-0.2, 0) is 11.3 Å². The fourth-order valence-corrected chi connectivity index (χ4v) is 6.82. The second-order valence-corrected chi connectivity index (χ2v) is 12.9. The summed E-state index contributed by atoms with van der Waals surface area (Å²) in [7, 11) is 0. The van der Waals surface area contributed by atoms with E-state index in [0.717, 1.165) is 24.0 Å². The number of hydrogen-bond acceptors (Lipinski definition) is 7. The molecule has 13 heteroatoms. The molecule has 3 aliphatic rings. The summed E-state index contributed by atoms with van der Waals surface area (Å²) in [6, 6.07) is 14.1. The highest BCUT2D eigenvalue weighted by atomic mass is 35.5. The number of nitrogens with one attached hydrogen (secondary N) is 2. The van der Waals surface area contributed by atoms with Crippen LogP contribution in [-0.4, -0.2) is 68.3 Å². The van der Waals surface area contributed by atoms with Gasteiger partial charge in [-0.05, 0) is 74.7 Å². The van der Waals surface area contributed by atoms with Gasteiger partial charge in [-0.15, -0.1) is 12.4 Å². The van der Waals surface area contributed by atoms with Gasteiger partial charge in [0.1, 0.15) is 32.2 Å². The molecular formula is C34H37Cl4N3O6. The van der Waals surface area contributed by atoms with E-state index in [1.54, 1.807) is 30.3 Å². The number of piperidine rings is 1. The van der Waals surface area contributed by atoms with E-state index in [9.17, 15) is 9.59 Å². The molecule has 2 fully saturated rings. The van der Waals surface area contributed by atoms with Gasteiger partial charge in [0.2, 0.25) is 5.91 Å². The first-order valence-corrected chi connectivity index (χ1v) is 16.6. The standard InChI is InChI=1S/C34H36Cl3N3O6.ClH/c1-20-15-27(36)32(28(37)16-20)46-13-11-43-23-7-8-24(26(35)17-23)33(41)39-29-9-10-38-18-25(29)34(42)40(22-5-6-22)19-21-3-2-4-30-31(21)45-14-12-44-30;/h2-4,7-8,15-17,22,25,29,38H,5-6,9-14,18-19H2,1H3,(H,39,41);1H. The molecule has 2 aliphatic heterocycles. The molecule has 3 aromatic carbocycles. The summed E-state index contributed by atoms with van der Waals surface area (Å²) in [6.07, 6.45) is 2.53. The Labute approximate surface area is 295 Å². The molecule has 9 nitrogen and oxygen atoms in total. The first-order chi connectivity index (χ1) is 22.3. The van der Waals surface area contributed by atoms with Gasteiger partial charge in [0, 0.05) is 30.7 Å². The van der Waals surface area contributed by atoms with Crippen LogP contribution in [0.3, 0.4) is 0 Å². The van der Waals surface area contributed by atoms with Crippen molar-refractivity contribution < 1.29 is 28.5 Å². The van der Waals surface area contributed by atoms with Crippen LogP contribution >= 0.6 is 47.2 Å². The molecular weight excluding hydrogens is 688 g/mol. The molecule has 0 spiro atoms. The first-order valence-electron chi connectivity index (χ1n) is 15.5. The van der Waals surface area contributed by atoms with Crippen molar-refractivity contribution in [1.82, 2.24) is 15.5 Å². The van der Waals surface area contributed by atoms with Gasteiger partial charge in [0.25, 0.3) is 5.91 Å². The van der Waals surface area contributed by atoms with E-state index in [0.29, 0.717) is 77.9 Å². The van der Waals surface area contributed by atoms with E-state index in [1.165, 1.54) is 0 Å². The maximum atomic E-state index is 14.1. The summed E-state index contributed by atoms with van der Waals surface area (Å²) in [4.78, 5) is 29.4. The Kier molecular flexibility index (Phi) is 11.9. The smallest absolute Gasteiger partial charge is 0.253 e. The van der Waals surface area contributed by atoms with Gasteiger partial charge in [0.15, 0.2) is 17.2 Å². The second-order valence-electron chi connectivity index (χ2n) is 11.7. The van der Waals surface area contributed by atoms with Gasteiger partial charge in [-0.1, -0.05) is 46.9 Å². The Morgan fingerprint density at radius 1 is 0.957 bits per heavy atom. The van der Waals surface area contributed by atoms with Crippen molar-refractivity contribution in [3.63, 3.8) is 0 Å². The number of amides is 2. The molecule has 2 N–H and O–H groups in total. The quantitative estimate of drug-likeness (QED) is 0.218. The van der Waals surface area contributed by atoms with Crippen LogP contribution in [0, 0.1) is 12.8 Å². The van der Waals surface area contributed by atoms with Crippen molar-refractivity contribution in [3.8, 4) is 23.0 Å². The third-order valence-corrected chi connectivity index (χ3v) is 9.18. The van der Waals surface area contributed by atoms with Crippen LogP contribution in [0.2, 0.25) is 15.1 Å². The Morgan fingerprint density at radius 3 is 2.45 bits per heavy atom. The lowest BCUT2D eigenvalue weighted by Crippen LogP contribution is -2.55. The lowest BCUT2D eigenvalue weighted by Gasteiger charge is -2.36. The predicted octanol–water partition coefficient (Wildman–Crippen LogP) is 6.51. The van der Waals surface area contributed by atoms with Crippen LogP contribution < -0.4 is 29.6 Å². The average molecular weight is 725 g/mol. The Bertz CT molecular complexity index is 1580. The van der Waals surface area contributed by atoms with E-state index in [-0.39, 0.29) is 54.5 Å². The van der Waals surface area contributed by atoms with Crippen molar-refractivity contribution >= 4 is 59.0 Å². The molecule has 6 rings (SSSR count). The number of para-hydroxylation sites is 1. The fourth-order valence-electron chi connectivity index (χ4n) is 5.86. The van der Waals surface area contributed by atoms with Crippen LogP contribution in [0.25, 0.3) is 0 Å². The maximum Gasteiger partial charge on any atom is 0.253 e. The Hall–Kier alpha value is -3.08. The second kappa shape index (κ2) is 15.9. The zero-order valence-electron chi connectivity index (χ0n) is 25.9. The number of ether oxygens (including phenoxy) is 4. The third kappa shape index (κ3) is 8.51. The molecule has 2 heterocycles. The normalized spacial score (nSPS) is 18.5. The minimum Gasteiger partial charge on any atom is -0.490 e. The van der Waals surface area contributed by atoms with Crippen LogP contribution in [0.15, 0.2) is 48.5 Å². The lowest BCUT2D eigenvalue weighted by atomic mass is 9.91. The summed E-state index contributed by atoms with van der Waals surface area (Å²) < 4.78 is 23.2. The number of fused-ring (bicyclic) bond motifs is 1. The lowest BCUT2D eigenvalue weighted by molar-refractivity contribution is -0.138. The maximum absolute atomic E-state index is 14.1. The number of rotatable bonds is 11. The van der Waals surface area contributed by atoms with Crippen molar-refractivity contribution in [2.24, 2.45) is 5.92 Å². The highest BCUT2D eigenvalue weighted by Crippen LogP contribution is 2.38. The minimum absolute atomic E-state index is 0. The molecule has 0 radical (unpaired) electrons. The first kappa shape index (κ1) is 35.2. The van der Waals surface area contributed by atoms with Crippen LogP contribution in [0.4, 0.5) is 0 Å². The Balaban J connectivity index is 0.00000433. The average Bonchev–Trinajstić information content (AvgIpc) is 3.88. The molecule has 0 aromatic heterocycles. The monoisotopic (exact) mass is 723 g/mol. The SMILES string of the molecule is Cc1cc(Cl)c(OCCOc2ccc(C(=O)NC3CCNCC3C(=O)N(Cc3cccc4c3OCCO4)C3CC3)c(Cl)c2)c(Cl)c1.Cl. The van der Waals surface area contributed by atoms with Gasteiger partial charge in [-0.2, -0.15) is 0 Å². The number of nitrogens with zero attached hydrogens (tertiary/aromatic N) is 1. The molecule has 2 unspecified atom stereocenters. The van der Waals surface area contributed by atoms with E-state index < -0.39 is 5.92 Å². The zero-order valence-corrected chi connectivity index (χ0v) is 28.9. The van der Waals surface area contributed by atoms with E-state index in [2.05, 4.69) is 10.6 Å². The molecule has 2 atom stereocenters. The Morgan fingerprint density at radius 2 is 1.70 bits per heavy atom. The summed E-state index contributed by atoms with van der Waals surface area (Å²) in [5, 5.41) is 7.54. The molecule has 2 amide bonds. The molecule has 47 heavy (non-hydrogen) atoms. The zero-order chi connectivity index (χ0) is 32.2. The fraction of sp³-hybridized carbons (Fsp3) is 0.412. The topological polar surface area (TPSA) is 98.4 Å². The highest BCUT2D eigenvalue weighted by molar-refractivity contribution is 6.37. The molecule has 1 saturated carbocycles. The van der Waals surface area contributed by atoms with E-state index >= 15 is 0 Å². The molecule has 3 aromatic rings. The summed E-state index contributed by atoms with van der Waals surface area (Å²) in [5.41, 5.74) is 2.16. The molecule has 0 bridgehead atoms. The minimum atomic E-state index is -0.424. The van der Waals surface area contributed by atoms with Crippen molar-refractivity contribution in [3.05, 3.63) is 80.3 Å². The summed E-state index contributed by atoms with van der Waals surface area (Å²) in [6.45, 7) is 4.89. The van der Waals surface area contributed by atoms with E-state index in [1.807, 2.05) is 30.0 Å². The molecule has 252 valence electrons. The highest BCUT2D eigenvalue weighted by Gasteiger charge is 2.41. The van der Waals surface area contributed by atoms with Gasteiger partial charge in [0.05, 0.1) is 26.5 Å². The van der Waals surface area contributed by atoms with Gasteiger partial charge in [-0.3, -0.25) is 9.59 Å². The summed E-state index contributed by atoms with van der Waals surface area (Å²) >= 11 is 19.0. The van der Waals surface area contributed by atoms with Crippen LogP contribution in [0.5, 0.6) is 23.0 Å². The van der Waals surface area contributed by atoms with E-state index in [4.69, 9.17) is 53.8 Å². The van der Waals surface area contributed by atoms with Gasteiger partial charge >= 0.3 is 0 Å². The molecule has 1 saturated heterocycles. The third-order valence-electron chi connectivity index (χ3n) is 8.30. The largest absolute Gasteiger partial charge is 0.490 e. The number of aryl methyl sites for hydroxylation is 1. The summed E-state index contributed by atoms with van der Waals surface area (Å²) in [5.74, 6) is 1.54. The van der Waals surface area contributed by atoms with Crippen molar-refractivity contribution in [2.45, 2.75) is 44.8 Å². The van der Waals surface area contributed by atoms with Crippen molar-refractivity contribution in [1.29, 1.82) is 0 Å². The number of carbonyl (C=O) groups is 2. The number of halogens is 4. The van der Waals surface area contributed by atoms with Crippen LogP contribution in [0.1, 0.15) is 40.7 Å². The van der Waals surface area contributed by atoms with Crippen molar-refractivity contribution in [2.75, 3.05) is 39.5 Å². The number of carbonyl (C=O) groups excluding carboxylic acids is 2. The van der Waals surface area contributed by atoms with Gasteiger partial charge in [-0.25, -0.2) is 0 Å². The molecule has 1 aliphatic carbocycles. The number of hydrogen-bond donors (Lipinski definition) is 2. The number of benzene rings is 3. The van der Waals surface area contributed by atoms with Gasteiger partial charge < -0.3 is 34.5 Å².